The molecule has 0 radical (unpaired) electrons. The number of carbonyl (C=O) groups is 1. The highest BCUT2D eigenvalue weighted by atomic mass is 19.1. The van der Waals surface area contributed by atoms with Crippen LogP contribution in [0.1, 0.15) is 27.0 Å². The van der Waals surface area contributed by atoms with Crippen molar-refractivity contribution in [2.24, 2.45) is 0 Å². The number of hydrogen-bond donors (Lipinski definition) is 1. The molecule has 0 atom stereocenters. The molecule has 2 nitrogen and oxygen atoms in total. The summed E-state index contributed by atoms with van der Waals surface area (Å²) in [6.45, 7) is 0. The fraction of sp³-hybridized carbons (Fsp3) is 0.0952. The molecule has 3 aromatic carbocycles. The van der Waals surface area contributed by atoms with Crippen molar-refractivity contribution in [3.05, 3.63) is 94.6 Å². The zero-order valence-electron chi connectivity index (χ0n) is 13.4. The molecule has 0 heterocycles. The molecule has 0 aliphatic heterocycles. The number of ketones is 1. The average Bonchev–Trinajstić information content (AvgIpc) is 2.73. The van der Waals surface area contributed by atoms with Gasteiger partial charge >= 0.3 is 0 Å². The van der Waals surface area contributed by atoms with Crippen molar-refractivity contribution < 1.29 is 13.6 Å². The van der Waals surface area contributed by atoms with Crippen molar-refractivity contribution in [3.63, 3.8) is 0 Å². The summed E-state index contributed by atoms with van der Waals surface area (Å²) in [5.74, 6) is -1.19. The highest BCUT2D eigenvalue weighted by Crippen LogP contribution is 2.28. The monoisotopic (exact) mass is 335 g/mol. The molecule has 0 spiro atoms. The summed E-state index contributed by atoms with van der Waals surface area (Å²) in [4.78, 5) is 12.5. The first-order valence-corrected chi connectivity index (χ1v) is 8.05. The van der Waals surface area contributed by atoms with E-state index in [0.29, 0.717) is 24.1 Å². The number of halogens is 2. The van der Waals surface area contributed by atoms with Crippen LogP contribution < -0.4 is 5.32 Å². The largest absolute Gasteiger partial charge is 0.353 e. The van der Waals surface area contributed by atoms with Crippen LogP contribution in [0, 0.1) is 11.6 Å². The third-order valence-corrected chi connectivity index (χ3v) is 4.47. The maximum atomic E-state index is 13.8. The van der Waals surface area contributed by atoms with Crippen LogP contribution in [-0.4, -0.2) is 5.78 Å². The third-order valence-electron chi connectivity index (χ3n) is 4.47. The molecule has 0 fully saturated rings. The summed E-state index contributed by atoms with van der Waals surface area (Å²) >= 11 is 0. The zero-order chi connectivity index (χ0) is 17.4. The van der Waals surface area contributed by atoms with E-state index in [2.05, 4.69) is 5.32 Å². The number of anilines is 2. The van der Waals surface area contributed by atoms with Gasteiger partial charge in [0.25, 0.3) is 0 Å². The van der Waals surface area contributed by atoms with Crippen LogP contribution in [0.4, 0.5) is 20.2 Å². The summed E-state index contributed by atoms with van der Waals surface area (Å²) in [6, 6.07) is 16.7. The number of Topliss-reactive ketones (excluding diaryl/α,β-unsaturated/α-hetero) is 1. The van der Waals surface area contributed by atoms with Crippen molar-refractivity contribution in [3.8, 4) is 0 Å². The van der Waals surface area contributed by atoms with Gasteiger partial charge in [-0.25, -0.2) is 8.78 Å². The Bertz CT molecular complexity index is 981. The van der Waals surface area contributed by atoms with E-state index in [1.807, 2.05) is 30.3 Å². The highest BCUT2D eigenvalue weighted by Gasteiger charge is 2.19. The van der Waals surface area contributed by atoms with Gasteiger partial charge in [0.2, 0.25) is 0 Å². The first-order chi connectivity index (χ1) is 12.1. The van der Waals surface area contributed by atoms with Crippen LogP contribution in [0.25, 0.3) is 0 Å². The number of hydrogen-bond acceptors (Lipinski definition) is 2. The lowest BCUT2D eigenvalue weighted by Gasteiger charge is -2.11. The van der Waals surface area contributed by atoms with Crippen molar-refractivity contribution in [1.29, 1.82) is 0 Å². The standard InChI is InChI=1S/C21H15F2NO/c22-16-5-8-20(19(23)12-16)24-17-6-7-18-15(10-17)9-13-3-1-2-4-14(13)11-21(18)25/h1-8,10,12,24H,9,11H2. The molecule has 0 unspecified atom stereocenters. The van der Waals surface area contributed by atoms with E-state index < -0.39 is 11.6 Å². The lowest BCUT2D eigenvalue weighted by atomic mass is 9.99. The van der Waals surface area contributed by atoms with Gasteiger partial charge in [0, 0.05) is 23.7 Å². The lowest BCUT2D eigenvalue weighted by molar-refractivity contribution is 0.0993. The van der Waals surface area contributed by atoms with E-state index in [-0.39, 0.29) is 11.5 Å². The Hall–Kier alpha value is -3.01. The quantitative estimate of drug-likeness (QED) is 0.711. The smallest absolute Gasteiger partial charge is 0.167 e. The van der Waals surface area contributed by atoms with Gasteiger partial charge in [0.15, 0.2) is 5.78 Å². The predicted octanol–water partition coefficient (Wildman–Crippen LogP) is 5.04. The first kappa shape index (κ1) is 15.5. The maximum Gasteiger partial charge on any atom is 0.167 e. The van der Waals surface area contributed by atoms with Crippen molar-refractivity contribution in [2.45, 2.75) is 12.8 Å². The van der Waals surface area contributed by atoms with E-state index in [4.69, 9.17) is 0 Å². The van der Waals surface area contributed by atoms with Crippen LogP contribution in [0.3, 0.4) is 0 Å². The molecule has 3 aromatic rings. The summed E-state index contributed by atoms with van der Waals surface area (Å²) in [5, 5.41) is 2.96. The van der Waals surface area contributed by atoms with Crippen LogP contribution >= 0.6 is 0 Å². The van der Waals surface area contributed by atoms with Crippen LogP contribution in [0.5, 0.6) is 0 Å². The van der Waals surface area contributed by atoms with Crippen LogP contribution in [-0.2, 0) is 12.8 Å². The van der Waals surface area contributed by atoms with E-state index in [1.54, 1.807) is 12.1 Å². The summed E-state index contributed by atoms with van der Waals surface area (Å²) in [5.41, 5.74) is 4.63. The van der Waals surface area contributed by atoms with Gasteiger partial charge in [-0.05, 0) is 53.4 Å². The molecule has 1 aliphatic carbocycles. The SMILES string of the molecule is O=C1Cc2ccccc2Cc2cc(Nc3ccc(F)cc3F)ccc21. The van der Waals surface area contributed by atoms with Crippen LogP contribution in [0.2, 0.25) is 0 Å². The Morgan fingerprint density at radius 3 is 2.32 bits per heavy atom. The highest BCUT2D eigenvalue weighted by molar-refractivity contribution is 6.00. The fourth-order valence-corrected chi connectivity index (χ4v) is 3.21. The summed E-state index contributed by atoms with van der Waals surface area (Å²) < 4.78 is 26.9. The van der Waals surface area contributed by atoms with Gasteiger partial charge in [0.1, 0.15) is 11.6 Å². The second-order valence-corrected chi connectivity index (χ2v) is 6.17. The predicted molar refractivity (Wildman–Crippen MR) is 93.4 cm³/mol. The normalized spacial score (nSPS) is 13.0. The number of rotatable bonds is 2. The molecular weight excluding hydrogens is 320 g/mol. The van der Waals surface area contributed by atoms with E-state index in [9.17, 15) is 13.6 Å². The second-order valence-electron chi connectivity index (χ2n) is 6.17. The molecule has 124 valence electrons. The van der Waals surface area contributed by atoms with Gasteiger partial charge in [0.05, 0.1) is 5.69 Å². The Morgan fingerprint density at radius 1 is 0.800 bits per heavy atom. The molecule has 4 heteroatoms. The molecule has 0 saturated heterocycles. The van der Waals surface area contributed by atoms with Gasteiger partial charge in [-0.3, -0.25) is 4.79 Å². The molecule has 0 bridgehead atoms. The number of fused-ring (bicyclic) bond motifs is 2. The molecule has 0 amide bonds. The topological polar surface area (TPSA) is 29.1 Å². The number of benzene rings is 3. The Labute approximate surface area is 144 Å². The molecular formula is C21H15F2NO. The molecule has 1 aliphatic rings. The minimum Gasteiger partial charge on any atom is -0.353 e. The first-order valence-electron chi connectivity index (χ1n) is 8.05. The minimum atomic E-state index is -0.656. The zero-order valence-corrected chi connectivity index (χ0v) is 13.4. The van der Waals surface area contributed by atoms with Crippen molar-refractivity contribution >= 4 is 17.2 Å². The van der Waals surface area contributed by atoms with Gasteiger partial charge < -0.3 is 5.32 Å². The maximum absolute atomic E-state index is 13.8. The van der Waals surface area contributed by atoms with Crippen LogP contribution in [0.15, 0.2) is 60.7 Å². The second kappa shape index (κ2) is 6.13. The Kier molecular flexibility index (Phi) is 3.80. The van der Waals surface area contributed by atoms with Gasteiger partial charge in [-0.1, -0.05) is 24.3 Å². The van der Waals surface area contributed by atoms with E-state index in [1.165, 1.54) is 12.1 Å². The van der Waals surface area contributed by atoms with E-state index in [0.717, 1.165) is 22.8 Å². The van der Waals surface area contributed by atoms with Crippen molar-refractivity contribution in [2.75, 3.05) is 5.32 Å². The minimum absolute atomic E-state index is 0.0828. The molecule has 0 aromatic heterocycles. The molecule has 0 saturated carbocycles. The fourth-order valence-electron chi connectivity index (χ4n) is 3.21. The average molecular weight is 335 g/mol. The summed E-state index contributed by atoms with van der Waals surface area (Å²) in [6.07, 6.45) is 1.04. The van der Waals surface area contributed by atoms with Gasteiger partial charge in [-0.2, -0.15) is 0 Å². The molecule has 25 heavy (non-hydrogen) atoms. The molecule has 4 rings (SSSR count). The van der Waals surface area contributed by atoms with Gasteiger partial charge in [-0.15, -0.1) is 0 Å². The Balaban J connectivity index is 1.70. The third kappa shape index (κ3) is 3.03. The van der Waals surface area contributed by atoms with Crippen molar-refractivity contribution in [1.82, 2.24) is 0 Å². The summed E-state index contributed by atoms with van der Waals surface area (Å²) in [7, 11) is 0. The van der Waals surface area contributed by atoms with E-state index >= 15 is 0 Å². The number of carbonyl (C=O) groups excluding carboxylic acids is 1. The number of nitrogens with one attached hydrogen (secondary N) is 1. The lowest BCUT2D eigenvalue weighted by Crippen LogP contribution is -2.04. The molecule has 1 N–H and O–H groups in total. The Morgan fingerprint density at radius 2 is 1.56 bits per heavy atom.